The molecule has 3 aromatic carbocycles. The van der Waals surface area contributed by atoms with E-state index in [0.717, 1.165) is 22.0 Å². The van der Waals surface area contributed by atoms with Crippen molar-refractivity contribution in [2.75, 3.05) is 0 Å². The number of rotatable bonds is 8. The van der Waals surface area contributed by atoms with E-state index >= 15 is 0 Å². The van der Waals surface area contributed by atoms with Crippen LogP contribution >= 0.6 is 23.2 Å². The first kappa shape index (κ1) is 25.5. The van der Waals surface area contributed by atoms with Crippen molar-refractivity contribution >= 4 is 52.1 Å². The van der Waals surface area contributed by atoms with Gasteiger partial charge < -0.3 is 9.88 Å². The summed E-state index contributed by atoms with van der Waals surface area (Å²) in [5.74, 6) is -0.935. The van der Waals surface area contributed by atoms with Gasteiger partial charge in [-0.15, -0.1) is 0 Å². The second kappa shape index (κ2) is 11.4. The molecule has 2 amide bonds. The van der Waals surface area contributed by atoms with Crippen LogP contribution in [0.5, 0.6) is 0 Å². The largest absolute Gasteiger partial charge is 0.342 e. The Bertz CT molecular complexity index is 1430. The summed E-state index contributed by atoms with van der Waals surface area (Å²) in [6.45, 7) is 4.31. The molecule has 0 radical (unpaired) electrons. The smallest absolute Gasteiger partial charge is 0.262 e. The molecule has 1 unspecified atom stereocenters. The van der Waals surface area contributed by atoms with Crippen LogP contribution in [0.2, 0.25) is 10.0 Å². The Morgan fingerprint density at radius 2 is 1.75 bits per heavy atom. The molecule has 0 saturated heterocycles. The lowest BCUT2D eigenvalue weighted by Crippen LogP contribution is -2.48. The molecule has 1 aromatic heterocycles. The average molecular weight is 521 g/mol. The number of fused-ring (bicyclic) bond motifs is 1. The van der Waals surface area contributed by atoms with E-state index in [1.165, 1.54) is 0 Å². The van der Waals surface area contributed by atoms with Crippen molar-refractivity contribution in [1.82, 2.24) is 15.3 Å². The van der Waals surface area contributed by atoms with E-state index in [1.54, 1.807) is 30.5 Å². The van der Waals surface area contributed by atoms with Gasteiger partial charge in [0, 0.05) is 44.8 Å². The van der Waals surface area contributed by atoms with Crippen LogP contribution in [0, 0.1) is 5.92 Å². The van der Waals surface area contributed by atoms with E-state index in [1.807, 2.05) is 68.6 Å². The van der Waals surface area contributed by atoms with Crippen molar-refractivity contribution in [2.24, 2.45) is 11.0 Å². The van der Waals surface area contributed by atoms with Gasteiger partial charge in [-0.3, -0.25) is 9.59 Å². The quantitative estimate of drug-likeness (QED) is 0.224. The lowest BCUT2D eigenvalue weighted by molar-refractivity contribution is -0.123. The molecule has 1 atom stereocenters. The lowest BCUT2D eigenvalue weighted by Gasteiger charge is -2.20. The van der Waals surface area contributed by atoms with E-state index in [2.05, 4.69) is 20.4 Å². The number of carbonyl (C=O) groups is 2. The fourth-order valence-corrected chi connectivity index (χ4v) is 4.33. The van der Waals surface area contributed by atoms with Gasteiger partial charge in [0.25, 0.3) is 11.8 Å². The zero-order valence-electron chi connectivity index (χ0n) is 19.9. The molecule has 0 bridgehead atoms. The molecule has 184 valence electrons. The predicted octanol–water partition coefficient (Wildman–Crippen LogP) is 5.90. The summed E-state index contributed by atoms with van der Waals surface area (Å²) in [4.78, 5) is 25.5. The Hall–Kier alpha value is -3.61. The van der Waals surface area contributed by atoms with Crippen molar-refractivity contribution in [2.45, 2.75) is 26.4 Å². The average Bonchev–Trinajstić information content (AvgIpc) is 3.21. The summed E-state index contributed by atoms with van der Waals surface area (Å²) in [6, 6.07) is 21.5. The first-order valence-electron chi connectivity index (χ1n) is 11.5. The minimum Gasteiger partial charge on any atom is -0.342 e. The highest BCUT2D eigenvalue weighted by Gasteiger charge is 2.24. The van der Waals surface area contributed by atoms with Gasteiger partial charge in [0.2, 0.25) is 0 Å². The van der Waals surface area contributed by atoms with E-state index in [0.29, 0.717) is 22.2 Å². The van der Waals surface area contributed by atoms with Gasteiger partial charge in [0.1, 0.15) is 6.04 Å². The predicted molar refractivity (Wildman–Crippen MR) is 146 cm³/mol. The number of nitrogens with one attached hydrogen (secondary N) is 2. The van der Waals surface area contributed by atoms with E-state index in [4.69, 9.17) is 23.2 Å². The fraction of sp³-hybridized carbons (Fsp3) is 0.179. The monoisotopic (exact) mass is 520 g/mol. The van der Waals surface area contributed by atoms with Crippen LogP contribution in [-0.4, -0.2) is 28.6 Å². The summed E-state index contributed by atoms with van der Waals surface area (Å²) in [5.41, 5.74) is 5.84. The van der Waals surface area contributed by atoms with E-state index < -0.39 is 11.9 Å². The van der Waals surface area contributed by atoms with Gasteiger partial charge in [-0.2, -0.15) is 5.10 Å². The number of hydrogen-bond donors (Lipinski definition) is 2. The maximum atomic E-state index is 12.9. The first-order chi connectivity index (χ1) is 17.3. The Kier molecular flexibility index (Phi) is 8.08. The van der Waals surface area contributed by atoms with E-state index in [-0.39, 0.29) is 11.8 Å². The molecule has 0 aliphatic rings. The Morgan fingerprint density at radius 1 is 1.00 bits per heavy atom. The molecular formula is C28H26Cl2N4O2. The molecule has 4 rings (SSSR count). The van der Waals surface area contributed by atoms with Crippen LogP contribution in [-0.2, 0) is 11.3 Å². The lowest BCUT2D eigenvalue weighted by atomic mass is 10.0. The van der Waals surface area contributed by atoms with Crippen molar-refractivity contribution < 1.29 is 9.59 Å². The number of carbonyl (C=O) groups excluding carboxylic acids is 2. The molecule has 6 nitrogen and oxygen atoms in total. The van der Waals surface area contributed by atoms with Crippen molar-refractivity contribution in [3.05, 3.63) is 106 Å². The van der Waals surface area contributed by atoms with Crippen LogP contribution in [0.15, 0.2) is 84.1 Å². The van der Waals surface area contributed by atoms with Crippen LogP contribution < -0.4 is 10.7 Å². The molecular weight excluding hydrogens is 495 g/mol. The van der Waals surface area contributed by atoms with E-state index in [9.17, 15) is 9.59 Å². The Balaban J connectivity index is 1.49. The van der Waals surface area contributed by atoms with Gasteiger partial charge in [0.15, 0.2) is 0 Å². The van der Waals surface area contributed by atoms with Gasteiger partial charge in [0.05, 0.1) is 6.21 Å². The number of benzene rings is 3. The molecule has 1 heterocycles. The first-order valence-corrected chi connectivity index (χ1v) is 12.3. The number of nitrogens with zero attached hydrogens (tertiary/aromatic N) is 2. The minimum atomic E-state index is -0.768. The zero-order chi connectivity index (χ0) is 25.7. The van der Waals surface area contributed by atoms with Crippen LogP contribution in [0.3, 0.4) is 0 Å². The van der Waals surface area contributed by atoms with Crippen LogP contribution in [0.4, 0.5) is 0 Å². The second-order valence-electron chi connectivity index (χ2n) is 8.76. The summed E-state index contributed by atoms with van der Waals surface area (Å²) in [5, 5.41) is 9.12. The summed E-state index contributed by atoms with van der Waals surface area (Å²) < 4.78 is 2.10. The van der Waals surface area contributed by atoms with Gasteiger partial charge in [-0.1, -0.05) is 79.5 Å². The maximum Gasteiger partial charge on any atom is 0.262 e. The Morgan fingerprint density at radius 3 is 2.50 bits per heavy atom. The van der Waals surface area contributed by atoms with Crippen molar-refractivity contribution in [3.8, 4) is 0 Å². The number of halogens is 2. The third-order valence-electron chi connectivity index (χ3n) is 5.82. The topological polar surface area (TPSA) is 75.5 Å². The molecule has 0 aliphatic heterocycles. The zero-order valence-corrected chi connectivity index (χ0v) is 21.4. The molecule has 0 saturated carbocycles. The SMILES string of the molecule is CC(C)C(NC(=O)c1cccc(Cl)c1)C(=O)NN=Cc1cn(Cc2ccccc2Cl)c2ccccc12. The van der Waals surface area contributed by atoms with Gasteiger partial charge in [-0.05, 0) is 41.8 Å². The number of para-hydroxylation sites is 1. The minimum absolute atomic E-state index is 0.152. The Labute approximate surface area is 219 Å². The third-order valence-corrected chi connectivity index (χ3v) is 6.42. The molecule has 0 spiro atoms. The maximum absolute atomic E-state index is 12.9. The molecule has 4 aromatic rings. The van der Waals surface area contributed by atoms with Crippen LogP contribution in [0.1, 0.15) is 35.3 Å². The number of hydrogen-bond acceptors (Lipinski definition) is 3. The van der Waals surface area contributed by atoms with Crippen molar-refractivity contribution in [1.29, 1.82) is 0 Å². The van der Waals surface area contributed by atoms with Crippen molar-refractivity contribution in [3.63, 3.8) is 0 Å². The third kappa shape index (κ3) is 5.96. The number of amides is 2. The molecule has 2 N–H and O–H groups in total. The highest BCUT2D eigenvalue weighted by molar-refractivity contribution is 6.31. The molecule has 36 heavy (non-hydrogen) atoms. The second-order valence-corrected chi connectivity index (χ2v) is 9.60. The molecule has 8 heteroatoms. The van der Waals surface area contributed by atoms with Gasteiger partial charge in [-0.25, -0.2) is 5.43 Å². The standard InChI is InChI=1S/C28H26Cl2N4O2/c1-18(2)26(32-27(35)19-9-7-10-22(29)14-19)28(36)33-31-15-21-17-34(25-13-6-4-11-23(21)25)16-20-8-3-5-12-24(20)30/h3-15,17-18,26H,16H2,1-2H3,(H,32,35)(H,33,36). The number of hydrazone groups is 1. The summed E-state index contributed by atoms with van der Waals surface area (Å²) >= 11 is 12.4. The summed E-state index contributed by atoms with van der Waals surface area (Å²) in [6.07, 6.45) is 3.59. The highest BCUT2D eigenvalue weighted by Crippen LogP contribution is 2.23. The highest BCUT2D eigenvalue weighted by atomic mass is 35.5. The molecule has 0 aliphatic carbocycles. The molecule has 0 fully saturated rings. The summed E-state index contributed by atoms with van der Waals surface area (Å²) in [7, 11) is 0. The number of aromatic nitrogens is 1. The van der Waals surface area contributed by atoms with Gasteiger partial charge >= 0.3 is 0 Å². The fourth-order valence-electron chi connectivity index (χ4n) is 3.94. The van der Waals surface area contributed by atoms with Crippen LogP contribution in [0.25, 0.3) is 10.9 Å². The normalized spacial score (nSPS) is 12.2.